The molecule has 2 unspecified atom stereocenters. The van der Waals surface area contributed by atoms with E-state index in [1.54, 1.807) is 0 Å². The van der Waals surface area contributed by atoms with Crippen LogP contribution in [0.5, 0.6) is 0 Å². The third-order valence-corrected chi connectivity index (χ3v) is 5.65. The SMILES string of the molecule is NCCC(C(=O)O)S(=O)(=O)O.O=C(O)/C=C\C(=O)NCCC(C(=O)O)S(=O)(=O)O.O=C1C=CC(=O)O1. The summed E-state index contributed by atoms with van der Waals surface area (Å²) in [5.74, 6) is -6.65. The van der Waals surface area contributed by atoms with Crippen molar-refractivity contribution in [2.24, 2.45) is 5.73 Å². The molecule has 18 nitrogen and oxygen atoms in total. The molecular formula is C16H22N2O16S2. The topological polar surface area (TPSA) is 319 Å². The highest BCUT2D eigenvalue weighted by Gasteiger charge is 2.30. The molecule has 0 bridgehead atoms. The molecule has 0 aromatic heterocycles. The van der Waals surface area contributed by atoms with Crippen molar-refractivity contribution in [2.75, 3.05) is 13.1 Å². The van der Waals surface area contributed by atoms with E-state index in [-0.39, 0.29) is 19.5 Å². The highest BCUT2D eigenvalue weighted by Crippen LogP contribution is 2.04. The molecule has 1 aliphatic heterocycles. The van der Waals surface area contributed by atoms with Gasteiger partial charge in [0, 0.05) is 30.8 Å². The van der Waals surface area contributed by atoms with E-state index >= 15 is 0 Å². The monoisotopic (exact) mass is 562 g/mol. The van der Waals surface area contributed by atoms with Crippen LogP contribution in [0.3, 0.4) is 0 Å². The van der Waals surface area contributed by atoms with Gasteiger partial charge in [-0.15, -0.1) is 0 Å². The van der Waals surface area contributed by atoms with Crippen LogP contribution in [0.2, 0.25) is 0 Å². The van der Waals surface area contributed by atoms with E-state index in [4.69, 9.17) is 30.2 Å². The van der Waals surface area contributed by atoms with Crippen LogP contribution < -0.4 is 11.1 Å². The fourth-order valence-electron chi connectivity index (χ4n) is 1.79. The summed E-state index contributed by atoms with van der Waals surface area (Å²) in [5, 5.41) is 23.2. The minimum Gasteiger partial charge on any atom is -0.480 e. The van der Waals surface area contributed by atoms with Crippen molar-refractivity contribution in [3.8, 4) is 0 Å². The number of esters is 2. The lowest BCUT2D eigenvalue weighted by atomic mass is 10.3. The molecule has 0 aromatic rings. The lowest BCUT2D eigenvalue weighted by Crippen LogP contribution is -2.34. The standard InChI is InChI=1S/C8H11NO8S.C4H9NO5S.C4H2O3/c10-6(1-2-7(11)12)9-4-3-5(8(13)14)18(15,16)17;5-2-1-3(4(6)7)11(8,9)10;5-3-1-2-4(6)7-3/h1-2,5H,3-4H2,(H,9,10)(H,11,12)(H,13,14)(H,15,16,17);3H,1-2,5H2,(H,6,7)(H,8,9,10);1-2H/b2-1-;;. The molecule has 20 heteroatoms. The van der Waals surface area contributed by atoms with Crippen molar-refractivity contribution in [2.45, 2.75) is 23.3 Å². The molecule has 8 N–H and O–H groups in total. The van der Waals surface area contributed by atoms with Crippen LogP contribution in [0.1, 0.15) is 12.8 Å². The number of ether oxygens (including phenoxy) is 1. The molecule has 0 fully saturated rings. The predicted molar refractivity (Wildman–Crippen MR) is 114 cm³/mol. The van der Waals surface area contributed by atoms with Crippen LogP contribution in [0.4, 0.5) is 0 Å². The number of rotatable bonds is 11. The van der Waals surface area contributed by atoms with Crippen LogP contribution in [-0.2, 0) is 53.7 Å². The lowest BCUT2D eigenvalue weighted by molar-refractivity contribution is -0.150. The Labute approximate surface area is 202 Å². The summed E-state index contributed by atoms with van der Waals surface area (Å²) in [4.78, 5) is 61.5. The quantitative estimate of drug-likeness (QED) is 0.0563. The maximum atomic E-state index is 10.9. The van der Waals surface area contributed by atoms with E-state index < -0.39 is 72.9 Å². The largest absolute Gasteiger partial charge is 0.480 e. The van der Waals surface area contributed by atoms with Gasteiger partial charge in [0.25, 0.3) is 20.2 Å². The minimum atomic E-state index is -4.75. The number of amides is 1. The van der Waals surface area contributed by atoms with Crippen LogP contribution in [-0.4, -0.2) is 101 Å². The molecule has 1 heterocycles. The van der Waals surface area contributed by atoms with Crippen molar-refractivity contribution in [3.05, 3.63) is 24.3 Å². The molecule has 204 valence electrons. The number of nitrogens with one attached hydrogen (secondary N) is 1. The maximum absolute atomic E-state index is 10.9. The Hall–Kier alpha value is -3.72. The fourth-order valence-corrected chi connectivity index (χ4v) is 3.15. The van der Waals surface area contributed by atoms with Gasteiger partial charge in [-0.25, -0.2) is 14.4 Å². The highest BCUT2D eigenvalue weighted by molar-refractivity contribution is 7.87. The number of carbonyl (C=O) groups excluding carboxylic acids is 3. The van der Waals surface area contributed by atoms with Gasteiger partial charge in [-0.1, -0.05) is 0 Å². The second-order valence-corrected chi connectivity index (χ2v) is 9.28. The summed E-state index contributed by atoms with van der Waals surface area (Å²) in [7, 11) is -9.26. The number of carboxylic acid groups (broad SMARTS) is 3. The minimum absolute atomic E-state index is 0.100. The Kier molecular flexibility index (Phi) is 15.4. The average molecular weight is 562 g/mol. The predicted octanol–water partition coefficient (Wildman–Crippen LogP) is -3.22. The van der Waals surface area contributed by atoms with Crippen molar-refractivity contribution < 1.29 is 74.8 Å². The molecule has 0 aliphatic carbocycles. The van der Waals surface area contributed by atoms with Gasteiger partial charge in [0.2, 0.25) is 5.91 Å². The second-order valence-electron chi connectivity index (χ2n) is 6.09. The molecule has 36 heavy (non-hydrogen) atoms. The van der Waals surface area contributed by atoms with Crippen molar-refractivity contribution >= 4 is 56.0 Å². The van der Waals surface area contributed by atoms with Gasteiger partial charge in [0.1, 0.15) is 0 Å². The molecule has 2 atom stereocenters. The molecular weight excluding hydrogens is 540 g/mol. The smallest absolute Gasteiger partial charge is 0.338 e. The molecule has 1 rings (SSSR count). The average Bonchev–Trinajstić information content (AvgIpc) is 3.08. The molecule has 0 radical (unpaired) electrons. The Morgan fingerprint density at radius 2 is 1.28 bits per heavy atom. The molecule has 1 amide bonds. The summed E-state index contributed by atoms with van der Waals surface area (Å²) in [6.07, 6.45) is 2.60. The van der Waals surface area contributed by atoms with Crippen LogP contribution in [0.25, 0.3) is 0 Å². The zero-order chi connectivity index (χ0) is 28.7. The molecule has 0 saturated carbocycles. The van der Waals surface area contributed by atoms with Crippen molar-refractivity contribution in [1.29, 1.82) is 0 Å². The first-order valence-electron chi connectivity index (χ1n) is 9.03. The van der Waals surface area contributed by atoms with Gasteiger partial charge in [-0.3, -0.25) is 23.5 Å². The Morgan fingerprint density at radius 1 is 0.861 bits per heavy atom. The van der Waals surface area contributed by atoms with Crippen molar-refractivity contribution in [1.82, 2.24) is 5.32 Å². The number of hydrogen-bond acceptors (Lipinski definition) is 12. The molecule has 0 aromatic carbocycles. The third-order valence-electron chi connectivity index (χ3n) is 3.34. The van der Waals surface area contributed by atoms with Crippen LogP contribution >= 0.6 is 0 Å². The van der Waals surface area contributed by atoms with E-state index in [9.17, 15) is 45.6 Å². The normalized spacial score (nSPS) is 14.4. The fraction of sp³-hybridized carbons (Fsp3) is 0.375. The summed E-state index contributed by atoms with van der Waals surface area (Å²) in [6, 6.07) is 0. The van der Waals surface area contributed by atoms with Gasteiger partial charge < -0.3 is 31.1 Å². The van der Waals surface area contributed by atoms with Crippen molar-refractivity contribution in [3.63, 3.8) is 0 Å². The number of aliphatic carboxylic acids is 3. The number of carbonyl (C=O) groups is 6. The lowest BCUT2D eigenvalue weighted by Gasteiger charge is -2.08. The first-order valence-corrected chi connectivity index (χ1v) is 12.0. The summed E-state index contributed by atoms with van der Waals surface area (Å²) in [6.45, 7) is -0.448. The van der Waals surface area contributed by atoms with Gasteiger partial charge in [-0.05, 0) is 19.4 Å². The van der Waals surface area contributed by atoms with Gasteiger partial charge in [0.15, 0.2) is 10.5 Å². The van der Waals surface area contributed by atoms with E-state index in [1.807, 2.05) is 0 Å². The van der Waals surface area contributed by atoms with Gasteiger partial charge in [0.05, 0.1) is 0 Å². The Balaban J connectivity index is 0. The van der Waals surface area contributed by atoms with E-state index in [2.05, 4.69) is 10.1 Å². The van der Waals surface area contributed by atoms with Crippen LogP contribution in [0.15, 0.2) is 24.3 Å². The van der Waals surface area contributed by atoms with Gasteiger partial charge >= 0.3 is 29.8 Å². The number of nitrogens with two attached hydrogens (primary N) is 1. The second kappa shape index (κ2) is 16.0. The Morgan fingerprint density at radius 3 is 1.53 bits per heavy atom. The van der Waals surface area contributed by atoms with Gasteiger partial charge in [-0.2, -0.15) is 16.8 Å². The zero-order valence-electron chi connectivity index (χ0n) is 17.9. The summed E-state index contributed by atoms with van der Waals surface area (Å²) >= 11 is 0. The van der Waals surface area contributed by atoms with E-state index in [0.29, 0.717) is 12.2 Å². The number of hydrogen-bond donors (Lipinski definition) is 7. The van der Waals surface area contributed by atoms with E-state index in [0.717, 1.165) is 12.2 Å². The maximum Gasteiger partial charge on any atom is 0.338 e. The molecule has 1 aliphatic rings. The van der Waals surface area contributed by atoms with Crippen LogP contribution in [0, 0.1) is 0 Å². The Bertz CT molecular complexity index is 1090. The zero-order valence-corrected chi connectivity index (χ0v) is 19.5. The molecule has 0 saturated heterocycles. The first kappa shape index (κ1) is 34.4. The van der Waals surface area contributed by atoms with E-state index in [1.165, 1.54) is 0 Å². The highest BCUT2D eigenvalue weighted by atomic mass is 32.2. The molecule has 0 spiro atoms. The third kappa shape index (κ3) is 16.8. The number of carboxylic acids is 3. The number of cyclic esters (lactones) is 2. The first-order chi connectivity index (χ1) is 16.3. The summed E-state index contributed by atoms with van der Waals surface area (Å²) in [5.41, 5.74) is 4.92. The summed E-state index contributed by atoms with van der Waals surface area (Å²) < 4.78 is 62.7.